The van der Waals surface area contributed by atoms with Gasteiger partial charge in [0.15, 0.2) is 0 Å². The van der Waals surface area contributed by atoms with Crippen molar-refractivity contribution < 1.29 is 13.2 Å². The Kier molecular flexibility index (Phi) is 5.53. The Balaban J connectivity index is 2.04. The summed E-state index contributed by atoms with van der Waals surface area (Å²) in [6, 6.07) is 13.2. The van der Waals surface area contributed by atoms with Gasteiger partial charge < -0.3 is 4.90 Å². The fourth-order valence-corrected chi connectivity index (χ4v) is 4.72. The molecule has 0 atom stereocenters. The second-order valence-electron chi connectivity index (χ2n) is 6.34. The van der Waals surface area contributed by atoms with Crippen molar-refractivity contribution in [3.63, 3.8) is 0 Å². The average molecular weight is 393 g/mol. The average Bonchev–Trinajstić information content (AvgIpc) is 3.17. The number of anilines is 1. The van der Waals surface area contributed by atoms with E-state index in [2.05, 4.69) is 0 Å². The van der Waals surface area contributed by atoms with Gasteiger partial charge >= 0.3 is 0 Å². The first-order valence-corrected chi connectivity index (χ1v) is 10.3. The zero-order valence-corrected chi connectivity index (χ0v) is 16.1. The summed E-state index contributed by atoms with van der Waals surface area (Å²) in [4.78, 5) is 14.6. The Morgan fingerprint density at radius 2 is 1.77 bits per heavy atom. The molecule has 0 N–H and O–H groups in total. The van der Waals surface area contributed by atoms with E-state index in [1.807, 2.05) is 0 Å². The molecule has 0 saturated carbocycles. The van der Waals surface area contributed by atoms with Gasteiger partial charge in [0.1, 0.15) is 6.54 Å². The number of nitrogens with zero attached hydrogens (tertiary/aromatic N) is 2. The molecule has 0 spiro atoms. The van der Waals surface area contributed by atoms with Gasteiger partial charge in [0.2, 0.25) is 5.91 Å². The van der Waals surface area contributed by atoms with Gasteiger partial charge in [0, 0.05) is 18.1 Å². The van der Waals surface area contributed by atoms with Crippen LogP contribution in [-0.2, 0) is 14.8 Å². The zero-order valence-electron chi connectivity index (χ0n) is 14.6. The summed E-state index contributed by atoms with van der Waals surface area (Å²) < 4.78 is 27.7. The van der Waals surface area contributed by atoms with Crippen LogP contribution < -0.4 is 4.31 Å². The molecule has 138 valence electrons. The molecular weight excluding hydrogens is 372 g/mol. The van der Waals surface area contributed by atoms with Crippen molar-refractivity contribution in [1.82, 2.24) is 4.90 Å². The van der Waals surface area contributed by atoms with Crippen LogP contribution in [0.2, 0.25) is 5.02 Å². The molecule has 5 nitrogen and oxygen atoms in total. The number of rotatable bonds is 5. The van der Waals surface area contributed by atoms with Gasteiger partial charge in [-0.15, -0.1) is 0 Å². The summed E-state index contributed by atoms with van der Waals surface area (Å²) in [5.74, 6) is -0.193. The summed E-state index contributed by atoms with van der Waals surface area (Å²) in [5.41, 5.74) is 1.16. The van der Waals surface area contributed by atoms with E-state index in [0.29, 0.717) is 23.8 Å². The standard InChI is InChI=1S/C19H21ClN2O3S/c1-15-9-10-16(20)13-18(15)22(14-19(23)21-11-5-6-12-21)26(24,25)17-7-3-2-4-8-17/h2-4,7-10,13H,5-6,11-12,14H2,1H3. The molecule has 26 heavy (non-hydrogen) atoms. The van der Waals surface area contributed by atoms with Crippen LogP contribution >= 0.6 is 11.6 Å². The van der Waals surface area contributed by atoms with Crippen molar-refractivity contribution in [3.05, 3.63) is 59.1 Å². The van der Waals surface area contributed by atoms with E-state index in [-0.39, 0.29) is 17.3 Å². The number of carbonyl (C=O) groups is 1. The lowest BCUT2D eigenvalue weighted by Gasteiger charge is -2.27. The van der Waals surface area contributed by atoms with Gasteiger partial charge in [-0.25, -0.2) is 8.42 Å². The first-order valence-electron chi connectivity index (χ1n) is 8.51. The van der Waals surface area contributed by atoms with Gasteiger partial charge in [0.05, 0.1) is 10.6 Å². The van der Waals surface area contributed by atoms with E-state index in [1.165, 1.54) is 16.4 Å². The molecule has 3 rings (SSSR count). The van der Waals surface area contributed by atoms with Gasteiger partial charge in [-0.2, -0.15) is 0 Å². The highest BCUT2D eigenvalue weighted by Gasteiger charge is 2.30. The molecule has 0 unspecified atom stereocenters. The maximum atomic E-state index is 13.3. The van der Waals surface area contributed by atoms with Crippen LogP contribution in [0.15, 0.2) is 53.4 Å². The molecule has 0 aliphatic carbocycles. The van der Waals surface area contributed by atoms with Crippen LogP contribution in [0.25, 0.3) is 0 Å². The first kappa shape index (κ1) is 18.7. The maximum absolute atomic E-state index is 13.3. The number of benzene rings is 2. The first-order chi connectivity index (χ1) is 12.4. The van der Waals surface area contributed by atoms with Gasteiger partial charge in [-0.3, -0.25) is 9.10 Å². The number of sulfonamides is 1. The van der Waals surface area contributed by atoms with Crippen molar-refractivity contribution in [1.29, 1.82) is 0 Å². The predicted octanol–water partition coefficient (Wildman–Crippen LogP) is 3.47. The van der Waals surface area contributed by atoms with Crippen LogP contribution in [0.5, 0.6) is 0 Å². The number of hydrogen-bond acceptors (Lipinski definition) is 3. The largest absolute Gasteiger partial charge is 0.341 e. The SMILES string of the molecule is Cc1ccc(Cl)cc1N(CC(=O)N1CCCC1)S(=O)(=O)c1ccccc1. The highest BCUT2D eigenvalue weighted by atomic mass is 35.5. The van der Waals surface area contributed by atoms with E-state index in [4.69, 9.17) is 11.6 Å². The van der Waals surface area contributed by atoms with E-state index >= 15 is 0 Å². The van der Waals surface area contributed by atoms with Crippen molar-refractivity contribution in [2.45, 2.75) is 24.7 Å². The fourth-order valence-electron chi connectivity index (χ4n) is 3.06. The molecule has 0 radical (unpaired) electrons. The normalized spacial score (nSPS) is 14.5. The number of likely N-dealkylation sites (tertiary alicyclic amines) is 1. The number of aryl methyl sites for hydroxylation is 1. The smallest absolute Gasteiger partial charge is 0.264 e. The minimum Gasteiger partial charge on any atom is -0.341 e. The van der Waals surface area contributed by atoms with Crippen LogP contribution in [0.1, 0.15) is 18.4 Å². The molecule has 0 aromatic heterocycles. The Labute approximate surface area is 159 Å². The lowest BCUT2D eigenvalue weighted by Crippen LogP contribution is -2.42. The van der Waals surface area contributed by atoms with Gasteiger partial charge in [0.25, 0.3) is 10.0 Å². The molecule has 1 aliphatic heterocycles. The van der Waals surface area contributed by atoms with E-state index in [0.717, 1.165) is 18.4 Å². The van der Waals surface area contributed by atoms with Gasteiger partial charge in [-0.1, -0.05) is 35.9 Å². The molecule has 1 aliphatic rings. The zero-order chi connectivity index (χ0) is 18.7. The second kappa shape index (κ2) is 7.68. The highest BCUT2D eigenvalue weighted by Crippen LogP contribution is 2.29. The molecule has 2 aromatic carbocycles. The Bertz CT molecular complexity index is 894. The summed E-state index contributed by atoms with van der Waals surface area (Å²) in [5, 5.41) is 0.424. The lowest BCUT2D eigenvalue weighted by molar-refractivity contribution is -0.128. The summed E-state index contributed by atoms with van der Waals surface area (Å²) in [7, 11) is -3.89. The van der Waals surface area contributed by atoms with E-state index < -0.39 is 10.0 Å². The minimum atomic E-state index is -3.89. The Hall–Kier alpha value is -2.05. The minimum absolute atomic E-state index is 0.147. The predicted molar refractivity (Wildman–Crippen MR) is 103 cm³/mol. The third kappa shape index (κ3) is 3.86. The van der Waals surface area contributed by atoms with Crippen molar-refractivity contribution >= 4 is 33.2 Å². The van der Waals surface area contributed by atoms with Crippen LogP contribution in [0.4, 0.5) is 5.69 Å². The molecular formula is C19H21ClN2O3S. The second-order valence-corrected chi connectivity index (χ2v) is 8.64. The molecule has 1 heterocycles. The fraction of sp³-hybridized carbons (Fsp3) is 0.316. The van der Waals surface area contributed by atoms with Crippen LogP contribution in [0, 0.1) is 6.92 Å². The quantitative estimate of drug-likeness (QED) is 0.782. The monoisotopic (exact) mass is 392 g/mol. The number of carbonyl (C=O) groups excluding carboxylic acids is 1. The Morgan fingerprint density at radius 1 is 1.12 bits per heavy atom. The topological polar surface area (TPSA) is 57.7 Å². The Morgan fingerprint density at radius 3 is 2.42 bits per heavy atom. The van der Waals surface area contributed by atoms with E-state index in [1.54, 1.807) is 48.2 Å². The number of hydrogen-bond donors (Lipinski definition) is 0. The highest BCUT2D eigenvalue weighted by molar-refractivity contribution is 7.92. The number of halogens is 1. The number of amides is 1. The van der Waals surface area contributed by atoms with Crippen LogP contribution in [-0.4, -0.2) is 38.9 Å². The van der Waals surface area contributed by atoms with Gasteiger partial charge in [-0.05, 0) is 49.6 Å². The molecule has 1 amide bonds. The van der Waals surface area contributed by atoms with Crippen molar-refractivity contribution in [2.75, 3.05) is 23.9 Å². The third-order valence-electron chi connectivity index (χ3n) is 4.51. The molecule has 0 bridgehead atoms. The molecule has 1 saturated heterocycles. The van der Waals surface area contributed by atoms with Crippen LogP contribution in [0.3, 0.4) is 0 Å². The third-order valence-corrected chi connectivity index (χ3v) is 6.52. The molecule has 7 heteroatoms. The molecule has 1 fully saturated rings. The molecule has 2 aromatic rings. The summed E-state index contributed by atoms with van der Waals surface area (Å²) >= 11 is 6.10. The summed E-state index contributed by atoms with van der Waals surface area (Å²) in [6.07, 6.45) is 1.90. The van der Waals surface area contributed by atoms with Crippen molar-refractivity contribution in [3.8, 4) is 0 Å². The summed E-state index contributed by atoms with van der Waals surface area (Å²) in [6.45, 7) is 2.91. The lowest BCUT2D eigenvalue weighted by atomic mass is 10.2. The van der Waals surface area contributed by atoms with E-state index in [9.17, 15) is 13.2 Å². The van der Waals surface area contributed by atoms with Crippen molar-refractivity contribution in [2.24, 2.45) is 0 Å². The maximum Gasteiger partial charge on any atom is 0.264 e.